The van der Waals surface area contributed by atoms with Crippen LogP contribution in [0.4, 0.5) is 11.4 Å². The lowest BCUT2D eigenvalue weighted by Gasteiger charge is -2.29. The first kappa shape index (κ1) is 21.4. The Morgan fingerprint density at radius 2 is 1.68 bits per heavy atom. The number of anilines is 2. The third-order valence-corrected chi connectivity index (χ3v) is 7.58. The number of fused-ring (bicyclic) bond motifs is 1. The lowest BCUT2D eigenvalue weighted by atomic mass is 10.1. The van der Waals surface area contributed by atoms with Gasteiger partial charge in [0.15, 0.2) is 0 Å². The van der Waals surface area contributed by atoms with E-state index in [0.29, 0.717) is 0 Å². The van der Waals surface area contributed by atoms with E-state index in [4.69, 9.17) is 11.6 Å². The SMILES string of the molecule is Cc1ccc(S(=O)(=O)N(CC(=O)N2c3ccccc3CC2C)c2ccccc2Cl)cc1. The zero-order chi connectivity index (χ0) is 22.2. The van der Waals surface area contributed by atoms with Crippen molar-refractivity contribution in [1.29, 1.82) is 0 Å². The van der Waals surface area contributed by atoms with Gasteiger partial charge < -0.3 is 4.90 Å². The summed E-state index contributed by atoms with van der Waals surface area (Å²) in [6.45, 7) is 3.50. The molecule has 7 heteroatoms. The molecule has 1 amide bonds. The molecule has 0 bridgehead atoms. The van der Waals surface area contributed by atoms with E-state index in [9.17, 15) is 13.2 Å². The summed E-state index contributed by atoms with van der Waals surface area (Å²) < 4.78 is 28.2. The predicted octanol–water partition coefficient (Wildman–Crippen LogP) is 4.82. The molecule has 0 aromatic heterocycles. The predicted molar refractivity (Wildman–Crippen MR) is 124 cm³/mol. The third-order valence-electron chi connectivity index (χ3n) is 5.48. The number of carbonyl (C=O) groups is 1. The molecule has 0 saturated carbocycles. The van der Waals surface area contributed by atoms with Crippen LogP contribution in [0.1, 0.15) is 18.1 Å². The molecule has 0 aliphatic carbocycles. The van der Waals surface area contributed by atoms with Crippen molar-refractivity contribution in [2.75, 3.05) is 15.7 Å². The van der Waals surface area contributed by atoms with Crippen molar-refractivity contribution in [3.8, 4) is 0 Å². The molecule has 0 radical (unpaired) electrons. The molecule has 0 saturated heterocycles. The minimum Gasteiger partial charge on any atom is -0.307 e. The van der Waals surface area contributed by atoms with Gasteiger partial charge in [0.05, 0.1) is 15.6 Å². The van der Waals surface area contributed by atoms with Gasteiger partial charge in [-0.1, -0.05) is 59.6 Å². The molecule has 1 atom stereocenters. The highest BCUT2D eigenvalue weighted by Crippen LogP contribution is 2.34. The van der Waals surface area contributed by atoms with Crippen LogP contribution >= 0.6 is 11.6 Å². The van der Waals surface area contributed by atoms with Crippen LogP contribution in [0.15, 0.2) is 77.7 Å². The molecule has 0 N–H and O–H groups in total. The van der Waals surface area contributed by atoms with Crippen LogP contribution in [0, 0.1) is 6.92 Å². The second kappa shape index (κ2) is 8.36. The number of hydrogen-bond acceptors (Lipinski definition) is 3. The van der Waals surface area contributed by atoms with Gasteiger partial charge in [0.25, 0.3) is 10.0 Å². The van der Waals surface area contributed by atoms with Crippen LogP contribution in [0.5, 0.6) is 0 Å². The highest BCUT2D eigenvalue weighted by atomic mass is 35.5. The Hall–Kier alpha value is -2.83. The van der Waals surface area contributed by atoms with E-state index in [0.717, 1.165) is 27.5 Å². The lowest BCUT2D eigenvalue weighted by Crippen LogP contribution is -2.45. The molecule has 3 aromatic carbocycles. The zero-order valence-electron chi connectivity index (χ0n) is 17.3. The van der Waals surface area contributed by atoms with E-state index >= 15 is 0 Å². The second-order valence-corrected chi connectivity index (χ2v) is 9.99. The molecular weight excluding hydrogens is 432 g/mol. The summed E-state index contributed by atoms with van der Waals surface area (Å²) in [6.07, 6.45) is 0.735. The smallest absolute Gasteiger partial charge is 0.264 e. The molecule has 1 aliphatic heterocycles. The quantitative estimate of drug-likeness (QED) is 0.555. The molecule has 0 spiro atoms. The maximum atomic E-state index is 13.6. The van der Waals surface area contributed by atoms with Crippen LogP contribution in [0.25, 0.3) is 0 Å². The highest BCUT2D eigenvalue weighted by Gasteiger charge is 2.35. The Morgan fingerprint density at radius 3 is 2.39 bits per heavy atom. The van der Waals surface area contributed by atoms with Crippen molar-refractivity contribution in [3.05, 3.63) is 88.9 Å². The molecule has 1 unspecified atom stereocenters. The number of hydrogen-bond donors (Lipinski definition) is 0. The Morgan fingerprint density at radius 1 is 1.03 bits per heavy atom. The van der Waals surface area contributed by atoms with Gasteiger partial charge in [-0.2, -0.15) is 0 Å². The van der Waals surface area contributed by atoms with Crippen molar-refractivity contribution in [1.82, 2.24) is 0 Å². The van der Waals surface area contributed by atoms with Crippen LogP contribution in [0.3, 0.4) is 0 Å². The Bertz CT molecular complexity index is 1230. The fourth-order valence-electron chi connectivity index (χ4n) is 3.94. The Labute approximate surface area is 187 Å². The molecule has 4 rings (SSSR count). The lowest BCUT2D eigenvalue weighted by molar-refractivity contribution is -0.117. The third kappa shape index (κ3) is 4.05. The van der Waals surface area contributed by atoms with Gasteiger partial charge in [0, 0.05) is 11.7 Å². The van der Waals surface area contributed by atoms with Gasteiger partial charge in [-0.3, -0.25) is 9.10 Å². The van der Waals surface area contributed by atoms with Gasteiger partial charge >= 0.3 is 0 Å². The number of para-hydroxylation sites is 2. The van der Waals surface area contributed by atoms with Crippen molar-refractivity contribution >= 4 is 38.9 Å². The van der Waals surface area contributed by atoms with Crippen LogP contribution in [-0.4, -0.2) is 26.9 Å². The van der Waals surface area contributed by atoms with Crippen LogP contribution < -0.4 is 9.21 Å². The monoisotopic (exact) mass is 454 g/mol. The number of carbonyl (C=O) groups excluding carboxylic acids is 1. The number of rotatable bonds is 5. The molecule has 31 heavy (non-hydrogen) atoms. The number of amides is 1. The molecule has 1 heterocycles. The minimum absolute atomic E-state index is 0.0555. The summed E-state index contributed by atoms with van der Waals surface area (Å²) in [4.78, 5) is 15.2. The first-order valence-corrected chi connectivity index (χ1v) is 11.8. The molecule has 160 valence electrons. The van der Waals surface area contributed by atoms with Gasteiger partial charge in [0.1, 0.15) is 6.54 Å². The fourth-order valence-corrected chi connectivity index (χ4v) is 5.66. The van der Waals surface area contributed by atoms with E-state index < -0.39 is 10.0 Å². The number of sulfonamides is 1. The maximum Gasteiger partial charge on any atom is 0.264 e. The van der Waals surface area contributed by atoms with Gasteiger partial charge in [-0.05, 0) is 56.2 Å². The standard InChI is InChI=1S/C24H23ClN2O3S/c1-17-11-13-20(14-12-17)31(29,30)26(23-10-6-4-8-21(23)25)16-24(28)27-18(2)15-19-7-3-5-9-22(19)27/h3-14,18H,15-16H2,1-2H3. The van der Waals surface area contributed by atoms with Gasteiger partial charge in [-0.25, -0.2) is 8.42 Å². The Kier molecular flexibility index (Phi) is 5.77. The first-order chi connectivity index (χ1) is 14.8. The number of nitrogens with zero attached hydrogens (tertiary/aromatic N) is 2. The topological polar surface area (TPSA) is 57.7 Å². The molecule has 1 aliphatic rings. The average Bonchev–Trinajstić information content (AvgIpc) is 3.08. The van der Waals surface area contributed by atoms with Crippen molar-refractivity contribution in [2.24, 2.45) is 0 Å². The molecule has 3 aromatic rings. The van der Waals surface area contributed by atoms with Crippen LogP contribution in [0.2, 0.25) is 5.02 Å². The molecular formula is C24H23ClN2O3S. The van der Waals surface area contributed by atoms with Crippen molar-refractivity contribution in [2.45, 2.75) is 31.2 Å². The minimum atomic E-state index is -4.01. The number of benzene rings is 3. The van der Waals surface area contributed by atoms with Crippen LogP contribution in [-0.2, 0) is 21.2 Å². The highest BCUT2D eigenvalue weighted by molar-refractivity contribution is 7.92. The average molecular weight is 455 g/mol. The summed E-state index contributed by atoms with van der Waals surface area (Å²) in [5.41, 5.74) is 3.13. The number of aryl methyl sites for hydroxylation is 1. The number of halogens is 1. The van der Waals surface area contributed by atoms with Gasteiger partial charge in [0.2, 0.25) is 5.91 Å². The maximum absolute atomic E-state index is 13.6. The first-order valence-electron chi connectivity index (χ1n) is 10.0. The zero-order valence-corrected chi connectivity index (χ0v) is 18.9. The normalized spacial score (nSPS) is 15.6. The van der Waals surface area contributed by atoms with E-state index in [-0.39, 0.29) is 34.1 Å². The fraction of sp³-hybridized carbons (Fsp3) is 0.208. The summed E-state index contributed by atoms with van der Waals surface area (Å²) in [7, 11) is -4.01. The largest absolute Gasteiger partial charge is 0.307 e. The van der Waals surface area contributed by atoms with E-state index in [1.54, 1.807) is 53.4 Å². The second-order valence-electron chi connectivity index (χ2n) is 7.72. The van der Waals surface area contributed by atoms with E-state index in [1.165, 1.54) is 0 Å². The van der Waals surface area contributed by atoms with Gasteiger partial charge in [-0.15, -0.1) is 0 Å². The Balaban J connectivity index is 1.75. The summed E-state index contributed by atoms with van der Waals surface area (Å²) in [5, 5.41) is 0.265. The van der Waals surface area contributed by atoms with Crippen molar-refractivity contribution < 1.29 is 13.2 Å². The summed E-state index contributed by atoms with van der Waals surface area (Å²) in [5.74, 6) is -0.298. The molecule has 0 fully saturated rings. The van der Waals surface area contributed by atoms with Crippen molar-refractivity contribution in [3.63, 3.8) is 0 Å². The van der Waals surface area contributed by atoms with E-state index in [2.05, 4.69) is 0 Å². The molecule has 5 nitrogen and oxygen atoms in total. The summed E-state index contributed by atoms with van der Waals surface area (Å²) >= 11 is 6.36. The van der Waals surface area contributed by atoms with E-state index in [1.807, 2.05) is 38.1 Å². The summed E-state index contributed by atoms with van der Waals surface area (Å²) in [6, 6.07) is 20.9.